The largest absolute Gasteiger partial charge is 0.378 e. The van der Waals surface area contributed by atoms with Crippen LogP contribution in [0.3, 0.4) is 0 Å². The lowest BCUT2D eigenvalue weighted by Crippen LogP contribution is -2.20. The van der Waals surface area contributed by atoms with Gasteiger partial charge in [0.15, 0.2) is 0 Å². The zero-order valence-corrected chi connectivity index (χ0v) is 13.8. The molecule has 0 spiro atoms. The Hall–Kier alpha value is -0.910. The molecule has 1 aromatic rings. The van der Waals surface area contributed by atoms with Crippen molar-refractivity contribution < 1.29 is 4.74 Å². The average molecular weight is 301 g/mol. The van der Waals surface area contributed by atoms with Gasteiger partial charge in [0.1, 0.15) is 16.8 Å². The summed E-state index contributed by atoms with van der Waals surface area (Å²) in [5.74, 6) is 1.81. The maximum Gasteiger partial charge on any atom is 0.137 e. The minimum atomic E-state index is 0.255. The molecule has 5 nitrogen and oxygen atoms in total. The summed E-state index contributed by atoms with van der Waals surface area (Å²) in [5, 5.41) is 3.78. The summed E-state index contributed by atoms with van der Waals surface area (Å²) in [6, 6.07) is 0. The molecule has 6 heteroatoms. The van der Waals surface area contributed by atoms with Crippen molar-refractivity contribution in [2.45, 2.75) is 26.7 Å². The molecule has 0 fully saturated rings. The van der Waals surface area contributed by atoms with E-state index in [2.05, 4.69) is 34.0 Å². The molecule has 20 heavy (non-hydrogen) atoms. The first-order chi connectivity index (χ1) is 9.41. The van der Waals surface area contributed by atoms with E-state index in [-0.39, 0.29) is 5.92 Å². The second-order valence-electron chi connectivity index (χ2n) is 5.34. The van der Waals surface area contributed by atoms with Crippen molar-refractivity contribution in [2.75, 3.05) is 45.7 Å². The summed E-state index contributed by atoms with van der Waals surface area (Å²) in [6.45, 7) is 9.03. The molecule has 1 heterocycles. The molecule has 1 aromatic heterocycles. The summed E-state index contributed by atoms with van der Waals surface area (Å²) in [6.07, 6.45) is 0. The Morgan fingerprint density at radius 2 is 1.95 bits per heavy atom. The van der Waals surface area contributed by atoms with E-state index in [0.29, 0.717) is 18.3 Å². The van der Waals surface area contributed by atoms with Gasteiger partial charge in [0.2, 0.25) is 0 Å². The van der Waals surface area contributed by atoms with Gasteiger partial charge in [-0.3, -0.25) is 0 Å². The first-order valence-electron chi connectivity index (χ1n) is 6.92. The molecular formula is C14H25ClN4O. The van der Waals surface area contributed by atoms with Gasteiger partial charge in [0.25, 0.3) is 0 Å². The van der Waals surface area contributed by atoms with Crippen molar-refractivity contribution in [1.82, 2.24) is 14.9 Å². The summed E-state index contributed by atoms with van der Waals surface area (Å²) < 4.78 is 5.53. The van der Waals surface area contributed by atoms with E-state index >= 15 is 0 Å². The molecule has 0 aliphatic carbocycles. The molecule has 0 saturated heterocycles. The third-order valence-corrected chi connectivity index (χ3v) is 3.21. The van der Waals surface area contributed by atoms with Crippen LogP contribution in [-0.4, -0.2) is 55.3 Å². The number of nitrogens with one attached hydrogen (secondary N) is 1. The number of hydrogen-bond donors (Lipinski definition) is 1. The number of aromatic nitrogens is 2. The number of rotatable bonds is 8. The van der Waals surface area contributed by atoms with E-state index in [1.807, 2.05) is 21.0 Å². The molecule has 0 radical (unpaired) electrons. The Kier molecular flexibility index (Phi) is 7.19. The molecular weight excluding hydrogens is 276 g/mol. The van der Waals surface area contributed by atoms with Gasteiger partial charge in [-0.25, -0.2) is 9.97 Å². The van der Waals surface area contributed by atoms with Crippen LogP contribution in [0.15, 0.2) is 0 Å². The normalized spacial score (nSPS) is 11.4. The number of nitrogens with zero attached hydrogens (tertiary/aromatic N) is 3. The van der Waals surface area contributed by atoms with E-state index in [1.165, 1.54) is 0 Å². The summed E-state index contributed by atoms with van der Waals surface area (Å²) in [5.41, 5.74) is 0.879. The number of anilines is 1. The predicted octanol–water partition coefficient (Wildman–Crippen LogP) is 2.55. The summed E-state index contributed by atoms with van der Waals surface area (Å²) >= 11 is 6.13. The van der Waals surface area contributed by atoms with Crippen LogP contribution in [0, 0.1) is 6.92 Å². The van der Waals surface area contributed by atoms with Crippen molar-refractivity contribution >= 4 is 17.4 Å². The second-order valence-corrected chi connectivity index (χ2v) is 5.70. The van der Waals surface area contributed by atoms with Crippen LogP contribution in [-0.2, 0) is 4.74 Å². The maximum atomic E-state index is 6.13. The van der Waals surface area contributed by atoms with Crippen LogP contribution < -0.4 is 5.32 Å². The Morgan fingerprint density at radius 3 is 2.55 bits per heavy atom. The number of ether oxygens (including phenoxy) is 1. The van der Waals surface area contributed by atoms with Crippen LogP contribution in [0.25, 0.3) is 0 Å². The molecule has 0 aliphatic rings. The fraction of sp³-hybridized carbons (Fsp3) is 0.714. The van der Waals surface area contributed by atoms with E-state index in [1.54, 1.807) is 0 Å². The molecule has 0 aliphatic heterocycles. The van der Waals surface area contributed by atoms with Crippen molar-refractivity contribution in [3.63, 3.8) is 0 Å². The summed E-state index contributed by atoms with van der Waals surface area (Å²) in [7, 11) is 4.06. The summed E-state index contributed by atoms with van der Waals surface area (Å²) in [4.78, 5) is 10.9. The number of hydrogen-bond acceptors (Lipinski definition) is 5. The van der Waals surface area contributed by atoms with Crippen LogP contribution in [0.4, 0.5) is 5.82 Å². The quantitative estimate of drug-likeness (QED) is 0.591. The van der Waals surface area contributed by atoms with E-state index in [9.17, 15) is 0 Å². The third-order valence-electron chi connectivity index (χ3n) is 2.84. The van der Waals surface area contributed by atoms with Crippen LogP contribution >= 0.6 is 11.6 Å². The molecule has 0 aromatic carbocycles. The second kappa shape index (κ2) is 8.39. The van der Waals surface area contributed by atoms with Crippen LogP contribution in [0.5, 0.6) is 0 Å². The molecule has 0 bridgehead atoms. The topological polar surface area (TPSA) is 50.3 Å². The zero-order valence-electron chi connectivity index (χ0n) is 13.0. The smallest absolute Gasteiger partial charge is 0.137 e. The highest BCUT2D eigenvalue weighted by Crippen LogP contribution is 2.22. The average Bonchev–Trinajstić information content (AvgIpc) is 2.37. The highest BCUT2D eigenvalue weighted by molar-refractivity contribution is 6.30. The van der Waals surface area contributed by atoms with E-state index in [0.717, 1.165) is 30.4 Å². The zero-order chi connectivity index (χ0) is 15.1. The van der Waals surface area contributed by atoms with Gasteiger partial charge in [-0.05, 0) is 21.0 Å². The standard InChI is InChI=1S/C14H25ClN4O/c1-10(2)13-17-12(15)11(3)14(18-13)16-6-8-20-9-7-19(4)5/h10H,6-9H2,1-5H3,(H,16,17,18). The third kappa shape index (κ3) is 5.61. The Labute approximate surface area is 126 Å². The van der Waals surface area contributed by atoms with Crippen molar-refractivity contribution in [2.24, 2.45) is 0 Å². The monoisotopic (exact) mass is 300 g/mol. The van der Waals surface area contributed by atoms with Gasteiger partial charge >= 0.3 is 0 Å². The number of halogens is 1. The molecule has 1 rings (SSSR count). The van der Waals surface area contributed by atoms with Gasteiger partial charge in [0.05, 0.1) is 13.2 Å². The maximum absolute atomic E-state index is 6.13. The van der Waals surface area contributed by atoms with Gasteiger partial charge in [0, 0.05) is 24.6 Å². The molecule has 0 unspecified atom stereocenters. The molecule has 0 atom stereocenters. The molecule has 114 valence electrons. The van der Waals surface area contributed by atoms with Crippen molar-refractivity contribution in [1.29, 1.82) is 0 Å². The first kappa shape index (κ1) is 17.1. The minimum absolute atomic E-state index is 0.255. The van der Waals surface area contributed by atoms with Crippen LogP contribution in [0.1, 0.15) is 31.2 Å². The fourth-order valence-corrected chi connectivity index (χ4v) is 1.70. The van der Waals surface area contributed by atoms with Gasteiger partial charge in [-0.2, -0.15) is 0 Å². The first-order valence-corrected chi connectivity index (χ1v) is 7.30. The molecule has 0 saturated carbocycles. The van der Waals surface area contributed by atoms with Crippen LogP contribution in [0.2, 0.25) is 5.15 Å². The van der Waals surface area contributed by atoms with Gasteiger partial charge in [-0.1, -0.05) is 25.4 Å². The van der Waals surface area contributed by atoms with Crippen molar-refractivity contribution in [3.05, 3.63) is 16.5 Å². The Morgan fingerprint density at radius 1 is 1.25 bits per heavy atom. The Balaban J connectivity index is 2.47. The SMILES string of the molecule is Cc1c(Cl)nc(C(C)C)nc1NCCOCCN(C)C. The van der Waals surface area contributed by atoms with Crippen molar-refractivity contribution in [3.8, 4) is 0 Å². The predicted molar refractivity (Wildman–Crippen MR) is 83.7 cm³/mol. The van der Waals surface area contributed by atoms with E-state index < -0.39 is 0 Å². The fourth-order valence-electron chi connectivity index (χ4n) is 1.53. The molecule has 1 N–H and O–H groups in total. The van der Waals surface area contributed by atoms with Gasteiger partial charge < -0.3 is 15.0 Å². The highest BCUT2D eigenvalue weighted by Gasteiger charge is 2.11. The lowest BCUT2D eigenvalue weighted by atomic mass is 10.2. The van der Waals surface area contributed by atoms with E-state index in [4.69, 9.17) is 16.3 Å². The lowest BCUT2D eigenvalue weighted by molar-refractivity contribution is 0.126. The minimum Gasteiger partial charge on any atom is -0.378 e. The highest BCUT2D eigenvalue weighted by atomic mass is 35.5. The van der Waals surface area contributed by atoms with Gasteiger partial charge in [-0.15, -0.1) is 0 Å². The lowest BCUT2D eigenvalue weighted by Gasteiger charge is -2.13. The molecule has 0 amide bonds. The number of likely N-dealkylation sites (N-methyl/N-ethyl adjacent to an activating group) is 1. The Bertz CT molecular complexity index is 424.